The molecule has 0 radical (unpaired) electrons. The van der Waals surface area contributed by atoms with Crippen molar-refractivity contribution in [1.29, 1.82) is 0 Å². The molecule has 0 N–H and O–H groups in total. The van der Waals surface area contributed by atoms with Gasteiger partial charge in [-0.15, -0.1) is 24.8 Å². The number of hydrogen-bond donors (Lipinski definition) is 0. The molecule has 30 heavy (non-hydrogen) atoms. The molecular weight excluding hydrogens is 486 g/mol. The van der Waals surface area contributed by atoms with Crippen molar-refractivity contribution < 1.29 is 18.3 Å². The molecule has 0 saturated heterocycles. The molecule has 0 saturated carbocycles. The maximum atomic E-state index is 5.44. The van der Waals surface area contributed by atoms with E-state index < -0.39 is 18.3 Å². The van der Waals surface area contributed by atoms with Gasteiger partial charge >= 0.3 is 173 Å². The zero-order valence-electron chi connectivity index (χ0n) is 19.2. The van der Waals surface area contributed by atoms with E-state index >= 15 is 0 Å². The van der Waals surface area contributed by atoms with Crippen LogP contribution in [0.5, 0.6) is 0 Å². The Morgan fingerprint density at radius 1 is 0.800 bits per heavy atom. The van der Waals surface area contributed by atoms with E-state index in [1.54, 1.807) is 12.1 Å². The Morgan fingerprint density at radius 3 is 1.97 bits per heavy atom. The fraction of sp³-hybridized carbons (Fsp3) is 0.370. The van der Waals surface area contributed by atoms with Gasteiger partial charge in [0, 0.05) is 0 Å². The molecular formula is C27H36Cl2Zr. The second kappa shape index (κ2) is 7.99. The fourth-order valence-electron chi connectivity index (χ4n) is 6.60. The second-order valence-corrected chi connectivity index (χ2v) is 28.4. The molecule has 0 spiro atoms. The predicted octanol–water partition coefficient (Wildman–Crippen LogP) is 8.13. The maximum absolute atomic E-state index is 5.44. The van der Waals surface area contributed by atoms with Crippen molar-refractivity contribution in [3.8, 4) is 11.1 Å². The standard InChI is InChI=1S/C13H9.C5H5.2C4H9.CH2.2ClH.Zr/c1-3-7-12-10(5-1)9-11-6-2-4-8-13(11)12;1-2-4-5-3-1;2*1-4(2)3;;;;/h1-5,7-8H,9H2;1-3H,4H2;2*1-3H3;1H2;2*1H;. The van der Waals surface area contributed by atoms with Crippen molar-refractivity contribution in [2.75, 3.05) is 0 Å². The van der Waals surface area contributed by atoms with Crippen LogP contribution in [-0.4, -0.2) is 4.21 Å². The number of rotatable bonds is 2. The van der Waals surface area contributed by atoms with Crippen LogP contribution in [0.15, 0.2) is 64.0 Å². The van der Waals surface area contributed by atoms with Crippen molar-refractivity contribution in [3.05, 3.63) is 75.1 Å². The van der Waals surface area contributed by atoms with Gasteiger partial charge in [0.25, 0.3) is 0 Å². The summed E-state index contributed by atoms with van der Waals surface area (Å²) in [5.41, 5.74) is 5.89. The predicted molar refractivity (Wildman–Crippen MR) is 137 cm³/mol. The molecule has 2 aromatic carbocycles. The average Bonchev–Trinajstić information content (AvgIpc) is 3.26. The fourth-order valence-corrected chi connectivity index (χ4v) is 27.6. The van der Waals surface area contributed by atoms with E-state index in [1.807, 2.05) is 0 Å². The summed E-state index contributed by atoms with van der Waals surface area (Å²) in [5.74, 6) is 0. The monoisotopic (exact) mass is 520 g/mol. The molecule has 0 heterocycles. The first-order valence-electron chi connectivity index (χ1n) is 10.6. The van der Waals surface area contributed by atoms with E-state index in [-0.39, 0.29) is 31.1 Å². The molecule has 0 unspecified atom stereocenters. The van der Waals surface area contributed by atoms with E-state index in [0.717, 1.165) is 12.8 Å². The van der Waals surface area contributed by atoms with Crippen LogP contribution in [-0.2, 0) is 24.7 Å². The molecule has 0 fully saturated rings. The minimum absolute atomic E-state index is 0. The summed E-state index contributed by atoms with van der Waals surface area (Å²) < 4.78 is 8.98. The van der Waals surface area contributed by atoms with Gasteiger partial charge in [-0.25, -0.2) is 0 Å². The summed E-state index contributed by atoms with van der Waals surface area (Å²) in [6, 6.07) is 16.0. The van der Waals surface area contributed by atoms with Crippen LogP contribution >= 0.6 is 24.8 Å². The van der Waals surface area contributed by atoms with Crippen molar-refractivity contribution in [2.45, 2.75) is 60.6 Å². The summed E-state index contributed by atoms with van der Waals surface area (Å²) in [7, 11) is 0. The Bertz CT molecular complexity index is 1070. The van der Waals surface area contributed by atoms with Crippen molar-refractivity contribution in [1.82, 2.24) is 0 Å². The zero-order valence-corrected chi connectivity index (χ0v) is 23.3. The summed E-state index contributed by atoms with van der Waals surface area (Å²) >= 11 is -4.04. The summed E-state index contributed by atoms with van der Waals surface area (Å²) in [6.07, 6.45) is 9.15. The normalized spacial score (nSPS) is 15.6. The van der Waals surface area contributed by atoms with Crippen LogP contribution in [0.4, 0.5) is 0 Å². The van der Waals surface area contributed by atoms with Gasteiger partial charge in [-0.3, -0.25) is 0 Å². The van der Waals surface area contributed by atoms with Gasteiger partial charge in [-0.1, -0.05) is 0 Å². The summed E-state index contributed by atoms with van der Waals surface area (Å²) in [6.45, 7) is 14.8. The van der Waals surface area contributed by atoms with Gasteiger partial charge in [0.05, 0.1) is 0 Å². The minimum atomic E-state index is -4.04. The van der Waals surface area contributed by atoms with E-state index in [0.29, 0.717) is 0 Å². The van der Waals surface area contributed by atoms with Gasteiger partial charge in [0.15, 0.2) is 0 Å². The van der Waals surface area contributed by atoms with E-state index in [9.17, 15) is 0 Å². The molecule has 2 aliphatic carbocycles. The van der Waals surface area contributed by atoms with E-state index in [1.165, 1.54) is 16.7 Å². The number of benzene rings is 2. The van der Waals surface area contributed by atoms with Gasteiger partial charge < -0.3 is 0 Å². The molecule has 0 bridgehead atoms. The van der Waals surface area contributed by atoms with Crippen LogP contribution in [0.2, 0.25) is 6.25 Å². The summed E-state index contributed by atoms with van der Waals surface area (Å²) in [5, 5.41) is 0. The third kappa shape index (κ3) is 2.99. The first kappa shape index (κ1) is 25.5. The van der Waals surface area contributed by atoms with Gasteiger partial charge in [-0.05, 0) is 0 Å². The first-order chi connectivity index (χ1) is 13.0. The number of fused-ring (bicyclic) bond motifs is 3. The molecule has 2 aliphatic rings. The molecule has 3 heteroatoms. The molecule has 0 amide bonds. The Morgan fingerprint density at radius 2 is 1.40 bits per heavy atom. The topological polar surface area (TPSA) is 0 Å². The Kier molecular flexibility index (Phi) is 6.79. The summed E-state index contributed by atoms with van der Waals surface area (Å²) in [4.78, 5) is 0. The SMILES string of the molecule is Cl.Cl.[CH2]=[Zr]([C]1=CC=CC1)([c]1cccc2c1Cc1ccccc1-2)([C](C)(C)C)[C](C)(C)C. The number of allylic oxidation sites excluding steroid dienone is 4. The van der Waals surface area contributed by atoms with Crippen LogP contribution in [0, 0.1) is 0 Å². The van der Waals surface area contributed by atoms with Crippen LogP contribution < -0.4 is 3.27 Å². The van der Waals surface area contributed by atoms with E-state index in [2.05, 4.69) is 102 Å². The van der Waals surface area contributed by atoms with Gasteiger partial charge in [0.2, 0.25) is 0 Å². The molecule has 0 nitrogen and oxygen atoms in total. The number of halogens is 2. The third-order valence-electron chi connectivity index (χ3n) is 8.24. The quantitative estimate of drug-likeness (QED) is 0.319. The molecule has 0 aromatic heterocycles. The first-order valence-corrected chi connectivity index (χ1v) is 17.3. The Hall–Kier alpha value is -0.747. The Labute approximate surface area is 196 Å². The average molecular weight is 523 g/mol. The molecule has 2 aromatic rings. The van der Waals surface area contributed by atoms with Crippen LogP contribution in [0.1, 0.15) is 59.1 Å². The van der Waals surface area contributed by atoms with Crippen LogP contribution in [0.25, 0.3) is 11.1 Å². The molecule has 0 aliphatic heterocycles. The van der Waals surface area contributed by atoms with Crippen molar-refractivity contribution in [2.24, 2.45) is 0 Å². The van der Waals surface area contributed by atoms with Crippen molar-refractivity contribution in [3.63, 3.8) is 0 Å². The Balaban J connectivity index is 0.00000160. The zero-order chi connectivity index (χ0) is 20.4. The second-order valence-electron chi connectivity index (χ2n) is 10.9. The van der Waals surface area contributed by atoms with Crippen LogP contribution in [0.3, 0.4) is 0 Å². The van der Waals surface area contributed by atoms with E-state index in [4.69, 9.17) is 4.21 Å². The van der Waals surface area contributed by atoms with Crippen molar-refractivity contribution >= 4 is 32.3 Å². The van der Waals surface area contributed by atoms with Gasteiger partial charge in [0.1, 0.15) is 0 Å². The van der Waals surface area contributed by atoms with Gasteiger partial charge in [-0.2, -0.15) is 0 Å². The molecule has 162 valence electrons. The number of hydrogen-bond acceptors (Lipinski definition) is 0. The molecule has 4 rings (SSSR count). The third-order valence-corrected chi connectivity index (χ3v) is 33.0. The molecule has 0 atom stereocenters.